The minimum Gasteiger partial charge on any atom is -0.374 e. The van der Waals surface area contributed by atoms with Crippen molar-refractivity contribution in [3.8, 4) is 0 Å². The van der Waals surface area contributed by atoms with E-state index in [2.05, 4.69) is 35.7 Å². The second kappa shape index (κ2) is 6.41. The number of fused-ring (bicyclic) bond motifs is 1. The number of morpholine rings is 1. The highest BCUT2D eigenvalue weighted by Crippen LogP contribution is 2.24. The van der Waals surface area contributed by atoms with Crippen LogP contribution < -0.4 is 0 Å². The van der Waals surface area contributed by atoms with Gasteiger partial charge in [-0.1, -0.05) is 36.9 Å². The molecule has 1 amide bonds. The van der Waals surface area contributed by atoms with Crippen molar-refractivity contribution in [1.82, 2.24) is 9.80 Å². The van der Waals surface area contributed by atoms with Crippen molar-refractivity contribution in [3.05, 3.63) is 48.6 Å². The average molecular weight is 286 g/mol. The van der Waals surface area contributed by atoms with E-state index in [1.807, 2.05) is 11.0 Å². The van der Waals surface area contributed by atoms with E-state index in [1.54, 1.807) is 0 Å². The number of nitrogens with zero attached hydrogens (tertiary/aromatic N) is 2. The number of piperidine rings is 1. The first kappa shape index (κ1) is 14.3. The molecule has 0 saturated carbocycles. The van der Waals surface area contributed by atoms with Gasteiger partial charge in [-0.15, -0.1) is 0 Å². The summed E-state index contributed by atoms with van der Waals surface area (Å²) in [6.07, 6.45) is 2.58. The van der Waals surface area contributed by atoms with Gasteiger partial charge in [0.25, 0.3) is 0 Å². The fraction of sp³-hybridized carbons (Fsp3) is 0.471. The molecule has 0 aromatic heterocycles. The number of ether oxygens (including phenoxy) is 1. The summed E-state index contributed by atoms with van der Waals surface area (Å²) in [5.41, 5.74) is 1.31. The second-order valence-electron chi connectivity index (χ2n) is 5.72. The highest BCUT2D eigenvalue weighted by Gasteiger charge is 2.38. The van der Waals surface area contributed by atoms with Crippen LogP contribution >= 0.6 is 0 Å². The van der Waals surface area contributed by atoms with Gasteiger partial charge in [0.05, 0.1) is 18.8 Å². The maximum absolute atomic E-state index is 12.0. The summed E-state index contributed by atoms with van der Waals surface area (Å²) in [4.78, 5) is 16.4. The van der Waals surface area contributed by atoms with Crippen LogP contribution in [0.4, 0.5) is 0 Å². The van der Waals surface area contributed by atoms with E-state index in [0.717, 1.165) is 26.1 Å². The molecule has 0 bridgehead atoms. The molecule has 21 heavy (non-hydrogen) atoms. The molecule has 2 aliphatic rings. The Morgan fingerprint density at radius 3 is 2.90 bits per heavy atom. The van der Waals surface area contributed by atoms with E-state index in [1.165, 1.54) is 11.6 Å². The van der Waals surface area contributed by atoms with Gasteiger partial charge in [0.1, 0.15) is 0 Å². The molecular formula is C17H22N2O2. The van der Waals surface area contributed by atoms with Gasteiger partial charge in [0.15, 0.2) is 0 Å². The van der Waals surface area contributed by atoms with Crippen LogP contribution in [0.5, 0.6) is 0 Å². The van der Waals surface area contributed by atoms with Crippen LogP contribution in [0.25, 0.3) is 0 Å². The van der Waals surface area contributed by atoms with Crippen LogP contribution in [0.2, 0.25) is 0 Å². The molecule has 4 heteroatoms. The van der Waals surface area contributed by atoms with Crippen LogP contribution in [0.15, 0.2) is 43.0 Å². The summed E-state index contributed by atoms with van der Waals surface area (Å²) in [7, 11) is 0. The second-order valence-corrected chi connectivity index (χ2v) is 5.72. The lowest BCUT2D eigenvalue weighted by Gasteiger charge is -2.46. The molecule has 0 N–H and O–H groups in total. The fourth-order valence-corrected chi connectivity index (χ4v) is 3.31. The summed E-state index contributed by atoms with van der Waals surface area (Å²) in [5, 5.41) is 0. The SMILES string of the molecule is C=CC(=O)N1CCOC2CCN(Cc3ccccc3)CC21. The summed E-state index contributed by atoms with van der Waals surface area (Å²) in [6.45, 7) is 7.75. The lowest BCUT2D eigenvalue weighted by Crippen LogP contribution is -2.60. The number of carbonyl (C=O) groups is 1. The highest BCUT2D eigenvalue weighted by molar-refractivity contribution is 5.87. The average Bonchev–Trinajstić information content (AvgIpc) is 2.54. The smallest absolute Gasteiger partial charge is 0.246 e. The van der Waals surface area contributed by atoms with Gasteiger partial charge in [-0.05, 0) is 18.1 Å². The molecule has 2 saturated heterocycles. The minimum absolute atomic E-state index is 0.0230. The van der Waals surface area contributed by atoms with Crippen molar-refractivity contribution in [2.24, 2.45) is 0 Å². The molecule has 3 rings (SSSR count). The van der Waals surface area contributed by atoms with Crippen LogP contribution in [0, 0.1) is 0 Å². The minimum atomic E-state index is 0.0230. The van der Waals surface area contributed by atoms with Gasteiger partial charge in [-0.3, -0.25) is 9.69 Å². The predicted molar refractivity (Wildman–Crippen MR) is 81.8 cm³/mol. The first-order chi connectivity index (χ1) is 10.3. The molecular weight excluding hydrogens is 264 g/mol. The van der Waals surface area contributed by atoms with Gasteiger partial charge >= 0.3 is 0 Å². The van der Waals surface area contributed by atoms with Crippen molar-refractivity contribution >= 4 is 5.91 Å². The van der Waals surface area contributed by atoms with E-state index in [-0.39, 0.29) is 18.1 Å². The predicted octanol–water partition coefficient (Wildman–Crippen LogP) is 1.67. The third-order valence-electron chi connectivity index (χ3n) is 4.38. The quantitative estimate of drug-likeness (QED) is 0.793. The van der Waals surface area contributed by atoms with E-state index >= 15 is 0 Å². The molecule has 2 aliphatic heterocycles. The largest absolute Gasteiger partial charge is 0.374 e. The zero-order chi connectivity index (χ0) is 14.7. The Kier molecular flexibility index (Phi) is 4.36. The molecule has 1 aromatic rings. The Hall–Kier alpha value is -1.65. The van der Waals surface area contributed by atoms with Crippen LogP contribution in [-0.4, -0.2) is 54.1 Å². The first-order valence-electron chi connectivity index (χ1n) is 7.59. The fourth-order valence-electron chi connectivity index (χ4n) is 3.31. The standard InChI is InChI=1S/C17H22N2O2/c1-2-17(20)19-10-11-21-16-8-9-18(13-15(16)19)12-14-6-4-3-5-7-14/h2-7,15-16H,1,8-13H2. The molecule has 2 fully saturated rings. The number of hydrogen-bond acceptors (Lipinski definition) is 3. The first-order valence-corrected chi connectivity index (χ1v) is 7.59. The molecule has 2 atom stereocenters. The number of carbonyl (C=O) groups excluding carboxylic acids is 1. The van der Waals surface area contributed by atoms with E-state index < -0.39 is 0 Å². The zero-order valence-electron chi connectivity index (χ0n) is 12.3. The van der Waals surface area contributed by atoms with Crippen molar-refractivity contribution in [2.45, 2.75) is 25.1 Å². The van der Waals surface area contributed by atoms with Crippen LogP contribution in [0.1, 0.15) is 12.0 Å². The number of rotatable bonds is 3. The summed E-state index contributed by atoms with van der Waals surface area (Å²) in [5.74, 6) is 0.0230. The monoisotopic (exact) mass is 286 g/mol. The Morgan fingerprint density at radius 1 is 1.33 bits per heavy atom. The summed E-state index contributed by atoms with van der Waals surface area (Å²) < 4.78 is 5.85. The number of hydrogen-bond donors (Lipinski definition) is 0. The molecule has 2 unspecified atom stereocenters. The number of benzene rings is 1. The lowest BCUT2D eigenvalue weighted by molar-refractivity contribution is -0.147. The Morgan fingerprint density at radius 2 is 2.14 bits per heavy atom. The molecule has 0 radical (unpaired) electrons. The Balaban J connectivity index is 1.68. The van der Waals surface area contributed by atoms with Gasteiger partial charge in [0.2, 0.25) is 5.91 Å². The highest BCUT2D eigenvalue weighted by atomic mass is 16.5. The van der Waals surface area contributed by atoms with E-state index in [4.69, 9.17) is 4.74 Å². The molecule has 112 valence electrons. The maximum atomic E-state index is 12.0. The van der Waals surface area contributed by atoms with Crippen molar-refractivity contribution < 1.29 is 9.53 Å². The maximum Gasteiger partial charge on any atom is 0.246 e. The molecule has 0 aliphatic carbocycles. The van der Waals surface area contributed by atoms with Crippen molar-refractivity contribution in [3.63, 3.8) is 0 Å². The number of amides is 1. The Labute approximate surface area is 126 Å². The summed E-state index contributed by atoms with van der Waals surface area (Å²) in [6, 6.07) is 10.6. The zero-order valence-corrected chi connectivity index (χ0v) is 12.3. The van der Waals surface area contributed by atoms with Gasteiger partial charge in [0, 0.05) is 26.2 Å². The topological polar surface area (TPSA) is 32.8 Å². The van der Waals surface area contributed by atoms with Crippen molar-refractivity contribution in [1.29, 1.82) is 0 Å². The number of likely N-dealkylation sites (tertiary alicyclic amines) is 1. The Bertz CT molecular complexity index is 503. The third kappa shape index (κ3) is 3.17. The third-order valence-corrected chi connectivity index (χ3v) is 4.38. The van der Waals surface area contributed by atoms with Crippen LogP contribution in [-0.2, 0) is 16.1 Å². The summed E-state index contributed by atoms with van der Waals surface area (Å²) >= 11 is 0. The van der Waals surface area contributed by atoms with Crippen LogP contribution in [0.3, 0.4) is 0 Å². The van der Waals surface area contributed by atoms with Crippen molar-refractivity contribution in [2.75, 3.05) is 26.2 Å². The normalized spacial score (nSPS) is 26.2. The van der Waals surface area contributed by atoms with E-state index in [9.17, 15) is 4.79 Å². The van der Waals surface area contributed by atoms with Gasteiger partial charge in [-0.25, -0.2) is 0 Å². The molecule has 1 aromatic carbocycles. The van der Waals surface area contributed by atoms with Gasteiger partial charge in [-0.2, -0.15) is 0 Å². The molecule has 4 nitrogen and oxygen atoms in total. The molecule has 0 spiro atoms. The lowest BCUT2D eigenvalue weighted by atomic mass is 9.98. The molecule has 2 heterocycles. The van der Waals surface area contributed by atoms with Gasteiger partial charge < -0.3 is 9.64 Å². The van der Waals surface area contributed by atoms with E-state index in [0.29, 0.717) is 13.2 Å².